The summed E-state index contributed by atoms with van der Waals surface area (Å²) >= 11 is 10.5. The van der Waals surface area contributed by atoms with Crippen molar-refractivity contribution in [3.63, 3.8) is 0 Å². The van der Waals surface area contributed by atoms with Crippen molar-refractivity contribution in [1.29, 1.82) is 0 Å². The van der Waals surface area contributed by atoms with E-state index in [2.05, 4.69) is 26.6 Å². The third-order valence-electron chi connectivity index (χ3n) is 0.316. The Hall–Kier alpha value is 1.76. The van der Waals surface area contributed by atoms with Gasteiger partial charge in [-0.3, -0.25) is 0 Å². The zero-order valence-corrected chi connectivity index (χ0v) is 9.34. The van der Waals surface area contributed by atoms with Crippen LogP contribution in [0, 0.1) is 0 Å². The molecule has 0 aliphatic heterocycles. The Bertz CT molecular complexity index is 139. The Morgan fingerprint density at radius 3 is 2.25 bits per heavy atom. The highest BCUT2D eigenvalue weighted by Crippen LogP contribution is 2.22. The predicted octanol–water partition coefficient (Wildman–Crippen LogP) is 1.13. The first-order chi connectivity index (χ1) is 3.48. The number of halogens is 2. The molecule has 0 bridgehead atoms. The first-order valence-corrected chi connectivity index (χ1v) is 9.60. The number of rotatable bonds is 2. The molecular weight excluding hydrogens is 302 g/mol. The van der Waals surface area contributed by atoms with Crippen molar-refractivity contribution in [2.75, 3.05) is 7.11 Å². The normalized spacial score (nSPS) is 17.9. The van der Waals surface area contributed by atoms with E-state index in [1.54, 1.807) is 21.2 Å². The van der Waals surface area contributed by atoms with Crippen molar-refractivity contribution in [3.8, 4) is 0 Å². The first-order valence-electron chi connectivity index (χ1n) is 1.44. The van der Waals surface area contributed by atoms with Gasteiger partial charge in [-0.25, -0.2) is 0 Å². The van der Waals surface area contributed by atoms with Crippen LogP contribution in [0.5, 0.6) is 0 Å². The highest BCUT2D eigenvalue weighted by Gasteiger charge is 2.06. The van der Waals surface area contributed by atoms with Crippen LogP contribution in [-0.2, 0) is 40.5 Å². The number of hydrogen-bond donors (Lipinski definition) is 1. The monoisotopic (exact) mass is 306 g/mol. The van der Waals surface area contributed by atoms with Crippen molar-refractivity contribution in [2.24, 2.45) is 0 Å². The second-order valence-electron chi connectivity index (χ2n) is 0.798. The minimum absolute atomic E-state index is 1.07. The van der Waals surface area contributed by atoms with Gasteiger partial charge in [0, 0.05) is 26.4 Å². The van der Waals surface area contributed by atoms with Crippen LogP contribution in [0.4, 0.5) is 3.89 Å². The lowest BCUT2D eigenvalue weighted by Crippen LogP contribution is -2.00. The van der Waals surface area contributed by atoms with Gasteiger partial charge in [-0.05, 0) is 22.4 Å². The maximum absolute atomic E-state index is 12.5. The van der Waals surface area contributed by atoms with Crippen LogP contribution in [0.1, 0.15) is 0 Å². The summed E-state index contributed by atoms with van der Waals surface area (Å²) in [5, 5.41) is -2.83. The van der Waals surface area contributed by atoms with E-state index < -0.39 is 13.9 Å². The standard InChI is InChI=1S/CH4FIOS4/c1-4-7(5)8(2,3)6/h8H,1H3. The summed E-state index contributed by atoms with van der Waals surface area (Å²) in [7, 11) is 0.305. The molecule has 0 saturated heterocycles. The Morgan fingerprint density at radius 2 is 2.25 bits per heavy atom. The maximum atomic E-state index is 12.5. The first kappa shape index (κ1) is 9.76. The van der Waals surface area contributed by atoms with Gasteiger partial charge in [-0.2, -0.15) is 3.89 Å². The second kappa shape index (κ2) is 3.81. The second-order valence-corrected chi connectivity index (χ2v) is 16.7. The van der Waals surface area contributed by atoms with Gasteiger partial charge >= 0.3 is 0 Å². The van der Waals surface area contributed by atoms with E-state index in [0.29, 0.717) is 0 Å². The largest absolute Gasteiger partial charge is 0.306 e. The van der Waals surface area contributed by atoms with Gasteiger partial charge in [-0.15, -0.1) is 0 Å². The van der Waals surface area contributed by atoms with Crippen molar-refractivity contribution >= 4 is 57.5 Å². The van der Waals surface area contributed by atoms with Crippen LogP contribution < -0.4 is 0 Å². The summed E-state index contributed by atoms with van der Waals surface area (Å²) in [4.78, 5) is 0. The molecule has 1 nitrogen and oxygen atoms in total. The lowest BCUT2D eigenvalue weighted by Gasteiger charge is -2.07. The van der Waals surface area contributed by atoms with Gasteiger partial charge in [0.2, 0.25) is 0 Å². The maximum Gasteiger partial charge on any atom is 0.0863 e. The van der Waals surface area contributed by atoms with Crippen molar-refractivity contribution in [1.82, 2.24) is 0 Å². The van der Waals surface area contributed by atoms with Gasteiger partial charge in [0.1, 0.15) is 0 Å². The Morgan fingerprint density at radius 1 is 1.88 bits per heavy atom. The summed E-state index contributed by atoms with van der Waals surface area (Å²) < 4.78 is 17.0. The van der Waals surface area contributed by atoms with Crippen LogP contribution in [0.25, 0.3) is 0 Å². The van der Waals surface area contributed by atoms with Gasteiger partial charge in [-0.1, -0.05) is 0 Å². The molecule has 0 heterocycles. The van der Waals surface area contributed by atoms with E-state index in [0.717, 1.165) is 0 Å². The summed E-state index contributed by atoms with van der Waals surface area (Å²) in [6, 6.07) is 0. The number of thiol groups is 1. The molecule has 0 aromatic rings. The molecule has 1 unspecified atom stereocenters. The summed E-state index contributed by atoms with van der Waals surface area (Å²) in [6.45, 7) is 0. The van der Waals surface area contributed by atoms with Crippen molar-refractivity contribution < 1.29 is 8.07 Å². The summed E-state index contributed by atoms with van der Waals surface area (Å²) in [6.07, 6.45) is 0. The molecule has 52 valence electrons. The minimum atomic E-state index is -2.83. The molecule has 0 saturated carbocycles. The fraction of sp³-hybridized carbons (Fsp3) is 1.00. The average Bonchev–Trinajstić information content (AvgIpc) is 1.62. The van der Waals surface area contributed by atoms with E-state index in [4.69, 9.17) is 0 Å². The zero-order valence-electron chi connectivity index (χ0n) is 3.84. The third kappa shape index (κ3) is 3.72. The zero-order chi connectivity index (χ0) is 6.78. The quantitative estimate of drug-likeness (QED) is 0.355. The number of hydrogen-bond acceptors (Lipinski definition) is 3. The molecule has 0 amide bonds. The molecule has 0 rings (SSSR count). The van der Waals surface area contributed by atoms with E-state index in [-0.39, 0.29) is 0 Å². The summed E-state index contributed by atoms with van der Waals surface area (Å²) in [5.41, 5.74) is 0. The fourth-order valence-corrected chi connectivity index (χ4v) is 2.78. The molecule has 0 spiro atoms. The molecule has 7 heteroatoms. The Balaban J connectivity index is 4.04. The Labute approximate surface area is 72.0 Å². The van der Waals surface area contributed by atoms with Crippen LogP contribution >= 0.6 is 21.2 Å². The molecule has 0 aromatic heterocycles. The highest BCUT2D eigenvalue weighted by atomic mass is 127. The fourth-order valence-electron chi connectivity index (χ4n) is 0.0868. The van der Waals surface area contributed by atoms with Crippen LogP contribution in [0.3, 0.4) is 0 Å². The molecule has 0 radical (unpaired) electrons. The minimum Gasteiger partial charge on any atom is -0.306 e. The molecule has 0 aliphatic rings. The lowest BCUT2D eigenvalue weighted by molar-refractivity contribution is 0.492. The highest BCUT2D eigenvalue weighted by molar-refractivity contribution is 14.2. The summed E-state index contributed by atoms with van der Waals surface area (Å²) in [5.74, 6) is 0. The topological polar surface area (TPSA) is 9.23 Å². The lowest BCUT2D eigenvalue weighted by atomic mass is 11.8. The third-order valence-corrected chi connectivity index (χ3v) is 12.4. The van der Waals surface area contributed by atoms with E-state index in [9.17, 15) is 3.89 Å². The van der Waals surface area contributed by atoms with Crippen LogP contribution in [-0.4, -0.2) is 7.11 Å². The molecule has 8 heavy (non-hydrogen) atoms. The Kier molecular flexibility index (Phi) is 4.65. The molecular formula is CH4FIOS4. The molecule has 0 fully saturated rings. The van der Waals surface area contributed by atoms with Crippen LogP contribution in [0.15, 0.2) is 0 Å². The smallest absolute Gasteiger partial charge is 0.0863 e. The van der Waals surface area contributed by atoms with Crippen molar-refractivity contribution in [2.45, 2.75) is 0 Å². The molecule has 0 N–H and O–H groups in total. The molecule has 1 atom stereocenters. The molecule has 0 aliphatic carbocycles. The van der Waals surface area contributed by atoms with Gasteiger partial charge in [0.05, 0.1) is 15.9 Å². The average molecular weight is 306 g/mol. The SMILES string of the molecule is COS(=S)[SH](F)(=S)I. The van der Waals surface area contributed by atoms with E-state index in [1.165, 1.54) is 7.11 Å². The van der Waals surface area contributed by atoms with Gasteiger partial charge < -0.3 is 4.18 Å². The van der Waals surface area contributed by atoms with Gasteiger partial charge in [0.25, 0.3) is 0 Å². The van der Waals surface area contributed by atoms with Gasteiger partial charge in [0.15, 0.2) is 0 Å². The van der Waals surface area contributed by atoms with Crippen LogP contribution in [0.2, 0.25) is 0 Å². The molecule has 0 aromatic carbocycles. The van der Waals surface area contributed by atoms with E-state index in [1.807, 2.05) is 0 Å². The van der Waals surface area contributed by atoms with E-state index >= 15 is 0 Å². The van der Waals surface area contributed by atoms with Crippen molar-refractivity contribution in [3.05, 3.63) is 0 Å². The predicted molar refractivity (Wildman–Crippen MR) is 53.0 cm³/mol.